The minimum absolute atomic E-state index is 0.000705. The summed E-state index contributed by atoms with van der Waals surface area (Å²) in [6.07, 6.45) is 0. The van der Waals surface area contributed by atoms with Crippen molar-refractivity contribution in [1.82, 2.24) is 5.32 Å². The number of alkyl halides is 2. The van der Waals surface area contributed by atoms with Gasteiger partial charge in [0.2, 0.25) is 0 Å². The number of ether oxygens (including phenoxy) is 1. The number of hydrogen-bond acceptors (Lipinski definition) is 4. The van der Waals surface area contributed by atoms with Gasteiger partial charge in [-0.1, -0.05) is 6.92 Å². The third-order valence-electron chi connectivity index (χ3n) is 3.12. The van der Waals surface area contributed by atoms with E-state index in [2.05, 4.69) is 10.1 Å². The van der Waals surface area contributed by atoms with Crippen LogP contribution >= 0.6 is 11.3 Å². The first kappa shape index (κ1) is 17.4. The Balaban J connectivity index is 2.02. The number of carbonyl (C=O) groups excluding carboxylic acids is 1. The summed E-state index contributed by atoms with van der Waals surface area (Å²) in [5.41, 5.74) is 0.819. The average Bonchev–Trinajstić information content (AvgIpc) is 3.02. The van der Waals surface area contributed by atoms with Crippen LogP contribution in [0.25, 0.3) is 10.4 Å². The number of carbonyl (C=O) groups is 1. The van der Waals surface area contributed by atoms with Gasteiger partial charge in [0, 0.05) is 18.0 Å². The van der Waals surface area contributed by atoms with Crippen LogP contribution in [0.1, 0.15) is 16.6 Å². The van der Waals surface area contributed by atoms with Crippen molar-refractivity contribution in [2.45, 2.75) is 13.5 Å². The van der Waals surface area contributed by atoms with Gasteiger partial charge in [0.05, 0.1) is 4.88 Å². The van der Waals surface area contributed by atoms with Crippen LogP contribution in [-0.2, 0) is 0 Å². The fourth-order valence-electron chi connectivity index (χ4n) is 1.83. The summed E-state index contributed by atoms with van der Waals surface area (Å²) in [5, 5.41) is 11.7. The van der Waals surface area contributed by atoms with E-state index in [1.165, 1.54) is 23.5 Å². The maximum atomic E-state index is 12.1. The van der Waals surface area contributed by atoms with Gasteiger partial charge >= 0.3 is 6.61 Å². The highest BCUT2D eigenvalue weighted by Gasteiger charge is 2.12. The van der Waals surface area contributed by atoms with Crippen LogP contribution in [-0.4, -0.2) is 30.8 Å². The molecule has 0 saturated carbocycles. The predicted molar refractivity (Wildman–Crippen MR) is 85.0 cm³/mol. The fourth-order valence-corrected chi connectivity index (χ4v) is 2.76. The summed E-state index contributed by atoms with van der Waals surface area (Å²) >= 11 is 1.31. The van der Waals surface area contributed by atoms with E-state index in [-0.39, 0.29) is 24.2 Å². The minimum atomic E-state index is -2.85. The van der Waals surface area contributed by atoms with Crippen LogP contribution in [0.3, 0.4) is 0 Å². The van der Waals surface area contributed by atoms with Crippen molar-refractivity contribution < 1.29 is 23.4 Å². The molecule has 0 bridgehead atoms. The van der Waals surface area contributed by atoms with Crippen molar-refractivity contribution in [2.75, 3.05) is 13.2 Å². The minimum Gasteiger partial charge on any atom is -0.435 e. The number of thiophene rings is 1. The van der Waals surface area contributed by atoms with E-state index in [9.17, 15) is 13.6 Å². The second kappa shape index (κ2) is 8.03. The average molecular weight is 341 g/mol. The van der Waals surface area contributed by atoms with Gasteiger partial charge in [0.1, 0.15) is 5.75 Å². The second-order valence-electron chi connectivity index (χ2n) is 5.06. The van der Waals surface area contributed by atoms with Crippen molar-refractivity contribution in [1.29, 1.82) is 0 Å². The predicted octanol–water partition coefficient (Wildman–Crippen LogP) is 3.37. The molecule has 2 rings (SSSR count). The van der Waals surface area contributed by atoms with Crippen molar-refractivity contribution in [3.8, 4) is 16.2 Å². The van der Waals surface area contributed by atoms with Gasteiger partial charge in [-0.05, 0) is 47.9 Å². The maximum absolute atomic E-state index is 12.1. The SMILES string of the molecule is CC(CO)CNC(=O)c1ccc(-c2ccc(OC(F)F)cc2)s1. The summed E-state index contributed by atoms with van der Waals surface area (Å²) in [4.78, 5) is 13.4. The van der Waals surface area contributed by atoms with Crippen LogP contribution in [0.2, 0.25) is 0 Å². The van der Waals surface area contributed by atoms with E-state index in [1.54, 1.807) is 24.3 Å². The number of aliphatic hydroxyl groups is 1. The van der Waals surface area contributed by atoms with Crippen molar-refractivity contribution in [2.24, 2.45) is 5.92 Å². The summed E-state index contributed by atoms with van der Waals surface area (Å²) in [6.45, 7) is -0.590. The van der Waals surface area contributed by atoms with E-state index in [4.69, 9.17) is 5.11 Å². The zero-order chi connectivity index (χ0) is 16.8. The van der Waals surface area contributed by atoms with Gasteiger partial charge in [-0.25, -0.2) is 0 Å². The van der Waals surface area contributed by atoms with Crippen LogP contribution in [0.5, 0.6) is 5.75 Å². The Morgan fingerprint density at radius 1 is 1.26 bits per heavy atom. The Hall–Kier alpha value is -1.99. The molecule has 7 heteroatoms. The topological polar surface area (TPSA) is 58.6 Å². The highest BCUT2D eigenvalue weighted by Crippen LogP contribution is 2.29. The van der Waals surface area contributed by atoms with Crippen LogP contribution < -0.4 is 10.1 Å². The molecule has 1 amide bonds. The first-order valence-electron chi connectivity index (χ1n) is 7.03. The Morgan fingerprint density at radius 2 is 1.96 bits per heavy atom. The molecule has 2 aromatic rings. The Bertz CT molecular complexity index is 643. The van der Waals surface area contributed by atoms with E-state index < -0.39 is 6.61 Å². The molecule has 0 fully saturated rings. The van der Waals surface area contributed by atoms with E-state index in [0.717, 1.165) is 10.4 Å². The van der Waals surface area contributed by atoms with Gasteiger partial charge in [0.15, 0.2) is 0 Å². The molecule has 4 nitrogen and oxygen atoms in total. The molecular weight excluding hydrogens is 324 g/mol. The van der Waals surface area contributed by atoms with E-state index in [0.29, 0.717) is 11.4 Å². The van der Waals surface area contributed by atoms with E-state index in [1.807, 2.05) is 6.92 Å². The molecule has 0 aliphatic heterocycles. The highest BCUT2D eigenvalue weighted by molar-refractivity contribution is 7.17. The van der Waals surface area contributed by atoms with Crippen LogP contribution in [0.15, 0.2) is 36.4 Å². The monoisotopic (exact) mass is 341 g/mol. The van der Waals surface area contributed by atoms with Crippen molar-refractivity contribution in [3.05, 3.63) is 41.3 Å². The standard InChI is InChI=1S/C16H17F2NO3S/c1-10(9-20)8-19-15(21)14-7-6-13(23-14)11-2-4-12(5-3-11)22-16(17)18/h2-7,10,16,20H,8-9H2,1H3,(H,19,21). The summed E-state index contributed by atoms with van der Waals surface area (Å²) in [5.74, 6) is -0.101. The maximum Gasteiger partial charge on any atom is 0.387 e. The van der Waals surface area contributed by atoms with Gasteiger partial charge < -0.3 is 15.2 Å². The normalized spacial score (nSPS) is 12.2. The van der Waals surface area contributed by atoms with Crippen LogP contribution in [0.4, 0.5) is 8.78 Å². The zero-order valence-electron chi connectivity index (χ0n) is 12.5. The van der Waals surface area contributed by atoms with Crippen molar-refractivity contribution in [3.63, 3.8) is 0 Å². The summed E-state index contributed by atoms with van der Waals surface area (Å²) < 4.78 is 28.5. The Morgan fingerprint density at radius 3 is 2.57 bits per heavy atom. The number of halogens is 2. The lowest BCUT2D eigenvalue weighted by atomic mass is 10.2. The quantitative estimate of drug-likeness (QED) is 0.812. The highest BCUT2D eigenvalue weighted by atomic mass is 32.1. The van der Waals surface area contributed by atoms with Gasteiger partial charge in [-0.15, -0.1) is 11.3 Å². The molecule has 2 N–H and O–H groups in total. The molecule has 0 aliphatic rings. The van der Waals surface area contributed by atoms with Gasteiger partial charge in [-0.3, -0.25) is 4.79 Å². The van der Waals surface area contributed by atoms with Gasteiger partial charge in [-0.2, -0.15) is 8.78 Å². The largest absolute Gasteiger partial charge is 0.435 e. The number of benzene rings is 1. The number of aliphatic hydroxyl groups excluding tert-OH is 1. The molecule has 23 heavy (non-hydrogen) atoms. The van der Waals surface area contributed by atoms with E-state index >= 15 is 0 Å². The molecule has 1 aromatic carbocycles. The number of rotatable bonds is 7. The summed E-state index contributed by atoms with van der Waals surface area (Å²) in [7, 11) is 0. The molecule has 1 aromatic heterocycles. The fraction of sp³-hybridized carbons (Fsp3) is 0.312. The number of nitrogens with one attached hydrogen (secondary N) is 1. The molecule has 0 saturated heterocycles. The third kappa shape index (κ3) is 5.01. The molecule has 1 heterocycles. The molecule has 0 aliphatic carbocycles. The molecule has 0 radical (unpaired) electrons. The lowest BCUT2D eigenvalue weighted by Gasteiger charge is -2.08. The molecule has 124 valence electrons. The number of hydrogen-bond donors (Lipinski definition) is 2. The molecular formula is C16H17F2NO3S. The van der Waals surface area contributed by atoms with Crippen LogP contribution in [0, 0.1) is 5.92 Å². The smallest absolute Gasteiger partial charge is 0.387 e. The Kier molecular flexibility index (Phi) is 6.06. The first-order valence-corrected chi connectivity index (χ1v) is 7.85. The number of amides is 1. The van der Waals surface area contributed by atoms with Crippen molar-refractivity contribution >= 4 is 17.2 Å². The second-order valence-corrected chi connectivity index (χ2v) is 6.15. The lowest BCUT2D eigenvalue weighted by Crippen LogP contribution is -2.28. The first-order chi connectivity index (χ1) is 11.0. The molecule has 0 spiro atoms. The zero-order valence-corrected chi connectivity index (χ0v) is 13.3. The lowest BCUT2D eigenvalue weighted by molar-refractivity contribution is -0.0498. The third-order valence-corrected chi connectivity index (χ3v) is 4.25. The molecule has 1 unspecified atom stereocenters. The summed E-state index contributed by atoms with van der Waals surface area (Å²) in [6, 6.07) is 9.77. The molecule has 1 atom stereocenters. The van der Waals surface area contributed by atoms with Gasteiger partial charge in [0.25, 0.3) is 5.91 Å². The Labute approximate surface area is 136 Å².